The van der Waals surface area contributed by atoms with Gasteiger partial charge in [-0.25, -0.2) is 4.79 Å². The minimum absolute atomic E-state index is 0.112. The maximum absolute atomic E-state index is 12.7. The summed E-state index contributed by atoms with van der Waals surface area (Å²) in [6.45, 7) is 9.46. The molecule has 9 nitrogen and oxygen atoms in total. The smallest absolute Gasteiger partial charge is 0.338 e. The summed E-state index contributed by atoms with van der Waals surface area (Å²) in [4.78, 5) is 50.3. The Morgan fingerprint density at radius 3 is 1.93 bits per heavy atom. The zero-order chi connectivity index (χ0) is 30.4. The summed E-state index contributed by atoms with van der Waals surface area (Å²) in [5.41, 5.74) is 1.08. The van der Waals surface area contributed by atoms with Crippen LogP contribution in [0.25, 0.3) is 0 Å². The highest BCUT2D eigenvalue weighted by Gasteiger charge is 2.24. The quantitative estimate of drug-likeness (QED) is 0.213. The number of nitrogens with one attached hydrogen (secondary N) is 1. The molecule has 0 amide bonds. The van der Waals surface area contributed by atoms with Crippen LogP contribution >= 0.6 is 0 Å². The minimum Gasteiger partial charge on any atom is -0.468 e. The summed E-state index contributed by atoms with van der Waals surface area (Å²) < 4.78 is 21.8. The van der Waals surface area contributed by atoms with Crippen LogP contribution in [0.5, 0.6) is 11.5 Å². The average molecular weight is 570 g/mol. The van der Waals surface area contributed by atoms with Crippen molar-refractivity contribution in [2.45, 2.75) is 78.9 Å². The molecule has 224 valence electrons. The van der Waals surface area contributed by atoms with E-state index in [9.17, 15) is 19.2 Å². The molecule has 0 fully saturated rings. The number of carbonyl (C=O) groups excluding carboxylic acids is 4. The first-order chi connectivity index (χ1) is 19.6. The number of hydrogen-bond donors (Lipinski definition) is 1. The molecule has 4 atom stereocenters. The third-order valence-corrected chi connectivity index (χ3v) is 6.57. The van der Waals surface area contributed by atoms with Crippen LogP contribution in [0.3, 0.4) is 0 Å². The Bertz CT molecular complexity index is 1150. The van der Waals surface area contributed by atoms with Crippen LogP contribution in [0.1, 0.15) is 76.2 Å². The van der Waals surface area contributed by atoms with E-state index >= 15 is 0 Å². The Kier molecular flexibility index (Phi) is 14.0. The van der Waals surface area contributed by atoms with E-state index in [0.717, 1.165) is 12.8 Å². The van der Waals surface area contributed by atoms with Gasteiger partial charge in [-0.15, -0.1) is 0 Å². The van der Waals surface area contributed by atoms with Gasteiger partial charge in [-0.3, -0.25) is 14.4 Å². The van der Waals surface area contributed by atoms with E-state index in [-0.39, 0.29) is 36.3 Å². The zero-order valence-corrected chi connectivity index (χ0v) is 24.9. The molecule has 1 N–H and O–H groups in total. The number of rotatable bonds is 16. The summed E-state index contributed by atoms with van der Waals surface area (Å²) >= 11 is 0. The largest absolute Gasteiger partial charge is 0.468 e. The summed E-state index contributed by atoms with van der Waals surface area (Å²) in [6.07, 6.45) is 2.63. The molecule has 0 bridgehead atoms. The van der Waals surface area contributed by atoms with Crippen LogP contribution in [0.2, 0.25) is 0 Å². The maximum atomic E-state index is 12.7. The molecule has 2 rings (SSSR count). The molecule has 0 aliphatic carbocycles. The molecule has 0 radical (unpaired) electrons. The highest BCUT2D eigenvalue weighted by Crippen LogP contribution is 2.31. The Morgan fingerprint density at radius 1 is 0.780 bits per heavy atom. The number of methoxy groups -OCH3 is 1. The van der Waals surface area contributed by atoms with Crippen LogP contribution in [0.15, 0.2) is 48.5 Å². The second-order valence-corrected chi connectivity index (χ2v) is 10.3. The summed E-state index contributed by atoms with van der Waals surface area (Å²) in [6, 6.07) is 12.7. The molecule has 0 aliphatic heterocycles. The topological polar surface area (TPSA) is 117 Å². The standard InChI is InChI=1S/C32H43NO8/c1-7-12-21(3)29(34)40-27-17-16-24(19-28(27)41-30(35)22(4)13-8-2)18-26(32(37)38-6)33-20-23(5)39-31(36)25-14-10-9-11-15-25/h9-11,14-17,19,21-23,26,33H,7-8,12-13,18,20H2,1-6H3/t21?,22?,23?,26-/m0/s1. The van der Waals surface area contributed by atoms with Gasteiger partial charge in [0.2, 0.25) is 0 Å². The lowest BCUT2D eigenvalue weighted by Crippen LogP contribution is -2.43. The molecule has 0 aromatic heterocycles. The van der Waals surface area contributed by atoms with Crippen LogP contribution in [0, 0.1) is 11.8 Å². The number of hydrogen-bond acceptors (Lipinski definition) is 9. The molecular weight excluding hydrogens is 526 g/mol. The second kappa shape index (κ2) is 17.2. The van der Waals surface area contributed by atoms with Crippen molar-refractivity contribution < 1.29 is 38.1 Å². The van der Waals surface area contributed by atoms with Crippen LogP contribution in [0.4, 0.5) is 0 Å². The normalized spacial score (nSPS) is 13.8. The van der Waals surface area contributed by atoms with Crippen LogP contribution in [-0.2, 0) is 30.3 Å². The average Bonchev–Trinajstić information content (AvgIpc) is 2.96. The lowest BCUT2D eigenvalue weighted by Gasteiger charge is -2.21. The van der Waals surface area contributed by atoms with Crippen molar-refractivity contribution >= 4 is 23.9 Å². The molecule has 3 unspecified atom stereocenters. The monoisotopic (exact) mass is 569 g/mol. The molecule has 2 aromatic rings. The van der Waals surface area contributed by atoms with Crippen molar-refractivity contribution in [3.63, 3.8) is 0 Å². The van der Waals surface area contributed by atoms with Gasteiger partial charge in [-0.1, -0.05) is 64.8 Å². The summed E-state index contributed by atoms with van der Waals surface area (Å²) in [7, 11) is 1.29. The third kappa shape index (κ3) is 11.0. The first-order valence-electron chi connectivity index (χ1n) is 14.2. The first kappa shape index (κ1) is 33.5. The van der Waals surface area contributed by atoms with E-state index in [0.29, 0.717) is 24.0 Å². The fourth-order valence-corrected chi connectivity index (χ4v) is 4.15. The van der Waals surface area contributed by atoms with E-state index in [1.807, 2.05) is 19.9 Å². The number of esters is 4. The van der Waals surface area contributed by atoms with Gasteiger partial charge in [-0.2, -0.15) is 0 Å². The number of ether oxygens (including phenoxy) is 4. The lowest BCUT2D eigenvalue weighted by atomic mass is 10.0. The van der Waals surface area contributed by atoms with Gasteiger partial charge in [-0.05, 0) is 56.0 Å². The Hall–Kier alpha value is -3.72. The molecule has 9 heteroatoms. The predicted octanol–water partition coefficient (Wildman–Crippen LogP) is 5.29. The van der Waals surface area contributed by atoms with Gasteiger partial charge in [0, 0.05) is 6.54 Å². The zero-order valence-electron chi connectivity index (χ0n) is 24.9. The Morgan fingerprint density at radius 2 is 1.37 bits per heavy atom. The second-order valence-electron chi connectivity index (χ2n) is 10.3. The van der Waals surface area contributed by atoms with Gasteiger partial charge in [0.05, 0.1) is 24.5 Å². The highest BCUT2D eigenvalue weighted by molar-refractivity contribution is 5.89. The van der Waals surface area contributed by atoms with Gasteiger partial charge in [0.1, 0.15) is 12.1 Å². The van der Waals surface area contributed by atoms with Gasteiger partial charge >= 0.3 is 23.9 Å². The summed E-state index contributed by atoms with van der Waals surface area (Å²) in [5.74, 6) is -2.21. The highest BCUT2D eigenvalue weighted by atomic mass is 16.6. The molecule has 0 spiro atoms. The van der Waals surface area contributed by atoms with Gasteiger partial charge in [0.15, 0.2) is 11.5 Å². The van der Waals surface area contributed by atoms with Crippen molar-refractivity contribution in [2.24, 2.45) is 11.8 Å². The van der Waals surface area contributed by atoms with E-state index in [1.54, 1.807) is 63.2 Å². The lowest BCUT2D eigenvalue weighted by molar-refractivity contribution is -0.143. The molecule has 2 aromatic carbocycles. The molecule has 0 saturated heterocycles. The molecule has 0 heterocycles. The van der Waals surface area contributed by atoms with Gasteiger partial charge in [0.25, 0.3) is 0 Å². The minimum atomic E-state index is -0.779. The molecular formula is C32H43NO8. The van der Waals surface area contributed by atoms with Crippen LogP contribution in [-0.4, -0.2) is 49.7 Å². The Balaban J connectivity index is 2.20. The SMILES string of the molecule is CCCC(C)C(=O)Oc1ccc(C[C@H](NCC(C)OC(=O)c2ccccc2)C(=O)OC)cc1OC(=O)C(C)CCC. The number of benzene rings is 2. The third-order valence-electron chi connectivity index (χ3n) is 6.57. The Labute approximate surface area is 242 Å². The van der Waals surface area contributed by atoms with E-state index < -0.39 is 36.0 Å². The van der Waals surface area contributed by atoms with Crippen molar-refractivity contribution in [3.05, 3.63) is 59.7 Å². The predicted molar refractivity (Wildman–Crippen MR) is 155 cm³/mol. The fourth-order valence-electron chi connectivity index (χ4n) is 4.15. The molecule has 41 heavy (non-hydrogen) atoms. The van der Waals surface area contributed by atoms with Gasteiger partial charge < -0.3 is 24.3 Å². The maximum Gasteiger partial charge on any atom is 0.338 e. The number of carbonyl (C=O) groups is 4. The first-order valence-corrected chi connectivity index (χ1v) is 14.2. The van der Waals surface area contributed by atoms with E-state index in [1.165, 1.54) is 7.11 Å². The molecule has 0 saturated carbocycles. The van der Waals surface area contributed by atoms with Crippen molar-refractivity contribution in [2.75, 3.05) is 13.7 Å². The fraction of sp³-hybridized carbons (Fsp3) is 0.500. The van der Waals surface area contributed by atoms with Crippen molar-refractivity contribution in [1.82, 2.24) is 5.32 Å². The molecule has 0 aliphatic rings. The van der Waals surface area contributed by atoms with Crippen molar-refractivity contribution in [1.29, 1.82) is 0 Å². The summed E-state index contributed by atoms with van der Waals surface area (Å²) in [5, 5.41) is 3.10. The van der Waals surface area contributed by atoms with E-state index in [2.05, 4.69) is 5.32 Å². The van der Waals surface area contributed by atoms with Crippen LogP contribution < -0.4 is 14.8 Å². The van der Waals surface area contributed by atoms with Crippen molar-refractivity contribution in [3.8, 4) is 11.5 Å². The van der Waals surface area contributed by atoms with E-state index in [4.69, 9.17) is 18.9 Å².